The molecule has 0 saturated heterocycles. The molecule has 20 heavy (non-hydrogen) atoms. The van der Waals surface area contributed by atoms with Crippen LogP contribution in [0.1, 0.15) is 31.5 Å². The number of anilines is 1. The summed E-state index contributed by atoms with van der Waals surface area (Å²) in [7, 11) is 0. The van der Waals surface area contributed by atoms with Crippen molar-refractivity contribution in [3.8, 4) is 0 Å². The van der Waals surface area contributed by atoms with Crippen LogP contribution in [-0.4, -0.2) is 26.9 Å². The van der Waals surface area contributed by atoms with E-state index in [1.165, 1.54) is 12.8 Å². The van der Waals surface area contributed by atoms with Gasteiger partial charge in [-0.25, -0.2) is 4.98 Å². The largest absolute Gasteiger partial charge is 0.312 e. The van der Waals surface area contributed by atoms with Crippen molar-refractivity contribution < 1.29 is 0 Å². The number of nitrogens with one attached hydrogen (secondary N) is 1. The Balaban J connectivity index is 1.87. The Morgan fingerprint density at radius 3 is 3.15 bits per heavy atom. The van der Waals surface area contributed by atoms with E-state index < -0.39 is 0 Å². The molecule has 1 saturated carbocycles. The van der Waals surface area contributed by atoms with E-state index in [-0.39, 0.29) is 6.17 Å². The highest BCUT2D eigenvalue weighted by Crippen LogP contribution is 2.49. The fraction of sp³-hybridized carbons (Fsp3) is 0.571. The van der Waals surface area contributed by atoms with E-state index in [1.807, 2.05) is 18.7 Å². The second-order valence-corrected chi connectivity index (χ2v) is 7.21. The highest BCUT2D eigenvalue weighted by atomic mass is 79.9. The Hall–Kier alpha value is -1.30. The van der Waals surface area contributed by atoms with Crippen LogP contribution in [0.25, 0.3) is 6.08 Å². The van der Waals surface area contributed by atoms with Crippen molar-refractivity contribution in [2.75, 3.05) is 4.90 Å². The molecule has 0 bridgehead atoms. The number of aromatic nitrogens is 2. The molecule has 6 heteroatoms. The summed E-state index contributed by atoms with van der Waals surface area (Å²) in [5.41, 5.74) is 4.21. The molecule has 5 nitrogen and oxygen atoms in total. The van der Waals surface area contributed by atoms with E-state index in [9.17, 15) is 0 Å². The Kier molecular flexibility index (Phi) is 2.70. The number of hydrogen-bond donors (Lipinski definition) is 1. The second-order valence-electron chi connectivity index (χ2n) is 6.04. The molecule has 3 aliphatic rings. The Morgan fingerprint density at radius 1 is 1.50 bits per heavy atom. The molecule has 1 fully saturated rings. The second kappa shape index (κ2) is 4.35. The average Bonchev–Trinajstić information content (AvgIpc) is 3.03. The predicted molar refractivity (Wildman–Crippen MR) is 83.9 cm³/mol. The molecular weight excluding hydrogens is 318 g/mol. The summed E-state index contributed by atoms with van der Waals surface area (Å²) in [5.74, 6) is 2.37. The SMILES string of the molecule is C=Cc1ncn2c1N1C=NNC1C1CC(C)CC(Br)C12. The highest BCUT2D eigenvalue weighted by molar-refractivity contribution is 9.09. The number of fused-ring (bicyclic) bond motifs is 6. The van der Waals surface area contributed by atoms with E-state index in [0.717, 1.165) is 17.4 Å². The fourth-order valence-corrected chi connectivity index (χ4v) is 5.26. The quantitative estimate of drug-likeness (QED) is 0.802. The number of imidazole rings is 1. The van der Waals surface area contributed by atoms with Gasteiger partial charge in [-0.2, -0.15) is 5.10 Å². The number of hydrazone groups is 1. The third-order valence-electron chi connectivity index (χ3n) is 4.76. The smallest absolute Gasteiger partial charge is 0.143 e. The maximum absolute atomic E-state index is 4.51. The number of halogens is 1. The molecule has 1 N–H and O–H groups in total. The van der Waals surface area contributed by atoms with Crippen molar-refractivity contribution in [2.45, 2.75) is 36.8 Å². The van der Waals surface area contributed by atoms with Gasteiger partial charge in [0.15, 0.2) is 0 Å². The minimum atomic E-state index is 0.241. The minimum Gasteiger partial charge on any atom is -0.312 e. The van der Waals surface area contributed by atoms with Gasteiger partial charge in [-0.3, -0.25) is 10.3 Å². The summed E-state index contributed by atoms with van der Waals surface area (Å²) < 4.78 is 2.31. The van der Waals surface area contributed by atoms with Crippen LogP contribution in [0.5, 0.6) is 0 Å². The summed E-state index contributed by atoms with van der Waals surface area (Å²) in [6.07, 6.45) is 8.32. The summed E-state index contributed by atoms with van der Waals surface area (Å²) in [4.78, 5) is 7.20. The van der Waals surface area contributed by atoms with Crippen LogP contribution >= 0.6 is 15.9 Å². The fourth-order valence-electron chi connectivity index (χ4n) is 3.98. The summed E-state index contributed by atoms with van der Waals surface area (Å²) >= 11 is 3.91. The molecule has 106 valence electrons. The zero-order chi connectivity index (χ0) is 13.9. The van der Waals surface area contributed by atoms with Gasteiger partial charge in [0, 0.05) is 10.7 Å². The van der Waals surface area contributed by atoms with E-state index in [4.69, 9.17) is 0 Å². The van der Waals surface area contributed by atoms with Crippen molar-refractivity contribution >= 4 is 34.2 Å². The van der Waals surface area contributed by atoms with Crippen LogP contribution in [0, 0.1) is 11.8 Å². The monoisotopic (exact) mass is 335 g/mol. The van der Waals surface area contributed by atoms with Gasteiger partial charge < -0.3 is 4.57 Å². The summed E-state index contributed by atoms with van der Waals surface area (Å²) in [5, 5.41) is 4.28. The van der Waals surface area contributed by atoms with Gasteiger partial charge >= 0.3 is 0 Å². The van der Waals surface area contributed by atoms with Gasteiger partial charge in [-0.05, 0) is 24.8 Å². The molecule has 5 unspecified atom stereocenters. The lowest BCUT2D eigenvalue weighted by atomic mass is 9.75. The van der Waals surface area contributed by atoms with Gasteiger partial charge in [-0.15, -0.1) is 0 Å². The molecule has 0 spiro atoms. The summed E-state index contributed by atoms with van der Waals surface area (Å²) in [6, 6.07) is 0.429. The molecular formula is C14H18BrN5. The van der Waals surface area contributed by atoms with Crippen LogP contribution in [0.2, 0.25) is 0 Å². The maximum atomic E-state index is 4.51. The molecule has 3 heterocycles. The van der Waals surface area contributed by atoms with Gasteiger partial charge in [-0.1, -0.05) is 29.4 Å². The number of nitrogens with zero attached hydrogens (tertiary/aromatic N) is 4. The zero-order valence-electron chi connectivity index (χ0n) is 11.4. The molecule has 5 atom stereocenters. The van der Waals surface area contributed by atoms with Gasteiger partial charge in [0.25, 0.3) is 0 Å². The molecule has 1 aromatic heterocycles. The number of rotatable bonds is 1. The Labute approximate surface area is 126 Å². The van der Waals surface area contributed by atoms with E-state index in [2.05, 4.69) is 54.4 Å². The van der Waals surface area contributed by atoms with Crippen LogP contribution in [-0.2, 0) is 0 Å². The third kappa shape index (κ3) is 1.54. The topological polar surface area (TPSA) is 45.5 Å². The van der Waals surface area contributed by atoms with Gasteiger partial charge in [0.2, 0.25) is 0 Å². The lowest BCUT2D eigenvalue weighted by molar-refractivity contribution is 0.150. The summed E-state index contributed by atoms with van der Waals surface area (Å²) in [6.45, 7) is 6.22. The maximum Gasteiger partial charge on any atom is 0.143 e. The number of alkyl halides is 1. The van der Waals surface area contributed by atoms with Crippen molar-refractivity contribution in [1.29, 1.82) is 0 Å². The standard InChI is InChI=1S/C14H18BrN5/c1-3-11-14-19(6-16-11)12-9(4-8(2)5-10(12)15)13-18-17-7-20(13)14/h3,6-10,12-13,18H,1,4-5H2,2H3. The van der Waals surface area contributed by atoms with Crippen LogP contribution in [0.4, 0.5) is 5.82 Å². The Morgan fingerprint density at radius 2 is 2.35 bits per heavy atom. The van der Waals surface area contributed by atoms with Crippen LogP contribution in [0.15, 0.2) is 18.0 Å². The van der Waals surface area contributed by atoms with Crippen LogP contribution < -0.4 is 10.3 Å². The zero-order valence-corrected chi connectivity index (χ0v) is 13.0. The first-order valence-electron chi connectivity index (χ1n) is 7.11. The molecule has 2 aliphatic heterocycles. The first-order valence-corrected chi connectivity index (χ1v) is 8.02. The molecule has 4 rings (SSSR count). The van der Waals surface area contributed by atoms with Gasteiger partial charge in [0.05, 0.1) is 12.4 Å². The van der Waals surface area contributed by atoms with Gasteiger partial charge in [0.1, 0.15) is 24.0 Å². The molecule has 1 aliphatic carbocycles. The van der Waals surface area contributed by atoms with E-state index >= 15 is 0 Å². The normalized spacial score (nSPS) is 37.9. The Bertz CT molecular complexity index is 580. The first kappa shape index (κ1) is 12.4. The molecule has 0 aromatic carbocycles. The van der Waals surface area contributed by atoms with E-state index in [1.54, 1.807) is 0 Å². The predicted octanol–water partition coefficient (Wildman–Crippen LogP) is 2.57. The molecule has 0 radical (unpaired) electrons. The third-order valence-corrected chi connectivity index (χ3v) is 5.67. The molecule has 1 aromatic rings. The van der Waals surface area contributed by atoms with Crippen molar-refractivity contribution in [1.82, 2.24) is 15.0 Å². The molecule has 0 amide bonds. The van der Waals surface area contributed by atoms with Crippen molar-refractivity contribution in [3.05, 3.63) is 18.6 Å². The number of hydrogen-bond acceptors (Lipinski definition) is 4. The van der Waals surface area contributed by atoms with E-state index in [0.29, 0.717) is 16.8 Å². The highest BCUT2D eigenvalue weighted by Gasteiger charge is 2.48. The minimum absolute atomic E-state index is 0.241. The van der Waals surface area contributed by atoms with Crippen molar-refractivity contribution in [3.63, 3.8) is 0 Å². The first-order chi connectivity index (χ1) is 9.70. The lowest BCUT2D eigenvalue weighted by Crippen LogP contribution is -2.55. The lowest BCUT2D eigenvalue weighted by Gasteiger charge is -2.48. The van der Waals surface area contributed by atoms with Crippen LogP contribution in [0.3, 0.4) is 0 Å². The van der Waals surface area contributed by atoms with Crippen molar-refractivity contribution in [2.24, 2.45) is 16.9 Å². The average molecular weight is 336 g/mol.